The lowest BCUT2D eigenvalue weighted by atomic mass is 10.1. The van der Waals surface area contributed by atoms with E-state index in [-0.39, 0.29) is 0 Å². The maximum absolute atomic E-state index is 12.6. The molecule has 0 heterocycles. The van der Waals surface area contributed by atoms with E-state index >= 15 is 0 Å². The number of halogens is 5. The van der Waals surface area contributed by atoms with Gasteiger partial charge in [0.2, 0.25) is 0 Å². The molecule has 0 radical (unpaired) electrons. The Labute approximate surface area is 76.1 Å². The molecule has 1 aromatic carbocycles. The van der Waals surface area contributed by atoms with E-state index in [2.05, 4.69) is 0 Å². The van der Waals surface area contributed by atoms with Crippen LogP contribution < -0.4 is 5.73 Å². The molecular weight excluding hydrogens is 210 g/mol. The van der Waals surface area contributed by atoms with Gasteiger partial charge in [-0.1, -0.05) is 11.6 Å². The third kappa shape index (κ3) is 1.85. The van der Waals surface area contributed by atoms with Crippen LogP contribution in [0.5, 0.6) is 0 Å². The molecule has 0 saturated heterocycles. The molecule has 6 heteroatoms. The highest BCUT2D eigenvalue weighted by atomic mass is 35.5. The summed E-state index contributed by atoms with van der Waals surface area (Å²) in [6.07, 6.45) is -4.61. The van der Waals surface area contributed by atoms with Crippen LogP contribution in [0.3, 0.4) is 0 Å². The monoisotopic (exact) mass is 213 g/mol. The van der Waals surface area contributed by atoms with Crippen LogP contribution in [-0.4, -0.2) is 0 Å². The van der Waals surface area contributed by atoms with E-state index in [0.717, 1.165) is 0 Å². The van der Waals surface area contributed by atoms with Crippen molar-refractivity contribution in [2.24, 2.45) is 0 Å². The number of anilines is 1. The molecule has 13 heavy (non-hydrogen) atoms. The summed E-state index contributed by atoms with van der Waals surface area (Å²) in [6, 6.07) is 1.18. The number of nitrogens with two attached hydrogens (primary N) is 1. The SMILES string of the molecule is Nc1c(C(F)(F)F)ccc(F)c1Cl. The second kappa shape index (κ2) is 3.06. The predicted molar refractivity (Wildman–Crippen MR) is 40.8 cm³/mol. The third-order valence-corrected chi connectivity index (χ3v) is 1.82. The molecule has 2 N–H and O–H groups in total. The van der Waals surface area contributed by atoms with E-state index in [9.17, 15) is 17.6 Å². The van der Waals surface area contributed by atoms with E-state index in [1.807, 2.05) is 0 Å². The van der Waals surface area contributed by atoms with Gasteiger partial charge in [-0.3, -0.25) is 0 Å². The van der Waals surface area contributed by atoms with Crippen LogP contribution in [0.2, 0.25) is 5.02 Å². The van der Waals surface area contributed by atoms with Crippen molar-refractivity contribution in [3.05, 3.63) is 28.5 Å². The molecule has 72 valence electrons. The van der Waals surface area contributed by atoms with Gasteiger partial charge in [-0.05, 0) is 12.1 Å². The zero-order valence-corrected chi connectivity index (χ0v) is 6.88. The number of nitrogen functional groups attached to an aromatic ring is 1. The van der Waals surface area contributed by atoms with Gasteiger partial charge in [0, 0.05) is 0 Å². The molecule has 0 unspecified atom stereocenters. The summed E-state index contributed by atoms with van der Waals surface area (Å²) in [4.78, 5) is 0. The molecule has 0 amide bonds. The van der Waals surface area contributed by atoms with Crippen LogP contribution in [0.1, 0.15) is 5.56 Å². The molecule has 0 bridgehead atoms. The molecule has 0 saturated carbocycles. The summed E-state index contributed by atoms with van der Waals surface area (Å²) in [5, 5.41) is -0.699. The molecule has 1 rings (SSSR count). The zero-order valence-electron chi connectivity index (χ0n) is 6.12. The molecule has 0 fully saturated rings. The fourth-order valence-corrected chi connectivity index (χ4v) is 0.978. The quantitative estimate of drug-likeness (QED) is 0.520. The largest absolute Gasteiger partial charge is 0.418 e. The summed E-state index contributed by atoms with van der Waals surface area (Å²) in [5.74, 6) is -0.966. The molecule has 0 aliphatic heterocycles. The van der Waals surface area contributed by atoms with Crippen molar-refractivity contribution >= 4 is 17.3 Å². The van der Waals surface area contributed by atoms with E-state index < -0.39 is 28.3 Å². The van der Waals surface area contributed by atoms with Crippen molar-refractivity contribution < 1.29 is 17.6 Å². The summed E-state index contributed by atoms with van der Waals surface area (Å²) < 4.78 is 48.9. The van der Waals surface area contributed by atoms with E-state index in [0.29, 0.717) is 12.1 Å². The highest BCUT2D eigenvalue weighted by molar-refractivity contribution is 6.33. The molecule has 0 spiro atoms. The first-order valence-corrected chi connectivity index (χ1v) is 3.52. The Kier molecular flexibility index (Phi) is 2.38. The van der Waals surface area contributed by atoms with Crippen molar-refractivity contribution in [1.29, 1.82) is 0 Å². The maximum Gasteiger partial charge on any atom is 0.418 e. The second-order valence-electron chi connectivity index (χ2n) is 2.32. The number of hydrogen-bond donors (Lipinski definition) is 1. The zero-order chi connectivity index (χ0) is 10.2. The summed E-state index contributed by atoms with van der Waals surface area (Å²) in [7, 11) is 0. The lowest BCUT2D eigenvalue weighted by Crippen LogP contribution is -2.09. The highest BCUT2D eigenvalue weighted by Crippen LogP contribution is 2.37. The Morgan fingerprint density at radius 2 is 1.77 bits per heavy atom. The van der Waals surface area contributed by atoms with Gasteiger partial charge in [0.05, 0.1) is 16.3 Å². The van der Waals surface area contributed by atoms with Crippen LogP contribution in [0.15, 0.2) is 12.1 Å². The standard InChI is InChI=1S/C7H4ClF4N/c8-5-4(9)2-1-3(6(5)13)7(10,11)12/h1-2H,13H2. The number of rotatable bonds is 0. The van der Waals surface area contributed by atoms with Crippen LogP contribution >= 0.6 is 11.6 Å². The van der Waals surface area contributed by atoms with Crippen molar-refractivity contribution in [2.45, 2.75) is 6.18 Å². The lowest BCUT2D eigenvalue weighted by Gasteiger charge is -2.10. The van der Waals surface area contributed by atoms with Gasteiger partial charge in [-0.15, -0.1) is 0 Å². The summed E-state index contributed by atoms with van der Waals surface area (Å²) in [6.45, 7) is 0. The van der Waals surface area contributed by atoms with Gasteiger partial charge in [0.15, 0.2) is 0 Å². The number of hydrogen-bond acceptors (Lipinski definition) is 1. The first-order chi connectivity index (χ1) is 5.84. The molecule has 1 aromatic rings. The van der Waals surface area contributed by atoms with Crippen molar-refractivity contribution in [1.82, 2.24) is 0 Å². The normalized spacial score (nSPS) is 11.8. The Hall–Kier alpha value is -0.970. The van der Waals surface area contributed by atoms with Crippen molar-refractivity contribution in [3.63, 3.8) is 0 Å². The van der Waals surface area contributed by atoms with E-state index in [1.54, 1.807) is 0 Å². The van der Waals surface area contributed by atoms with E-state index in [4.69, 9.17) is 17.3 Å². The maximum atomic E-state index is 12.6. The minimum Gasteiger partial charge on any atom is -0.397 e. The van der Waals surface area contributed by atoms with Gasteiger partial charge < -0.3 is 5.73 Å². The Morgan fingerprint density at radius 3 is 2.23 bits per heavy atom. The Morgan fingerprint density at radius 1 is 1.23 bits per heavy atom. The average Bonchev–Trinajstić information content (AvgIpc) is 1.98. The topological polar surface area (TPSA) is 26.0 Å². The van der Waals surface area contributed by atoms with Crippen LogP contribution in [0.4, 0.5) is 23.2 Å². The minimum absolute atomic E-state index is 0.552. The second-order valence-corrected chi connectivity index (χ2v) is 2.70. The van der Waals surface area contributed by atoms with Gasteiger partial charge in [0.1, 0.15) is 5.82 Å². The van der Waals surface area contributed by atoms with Gasteiger partial charge >= 0.3 is 6.18 Å². The summed E-state index contributed by atoms with van der Waals surface area (Å²) >= 11 is 5.19. The van der Waals surface area contributed by atoms with Crippen molar-refractivity contribution in [2.75, 3.05) is 5.73 Å². The average molecular weight is 214 g/mol. The van der Waals surface area contributed by atoms with Gasteiger partial charge in [-0.2, -0.15) is 13.2 Å². The molecule has 0 aliphatic rings. The Bertz CT molecular complexity index is 334. The van der Waals surface area contributed by atoms with Gasteiger partial charge in [-0.25, -0.2) is 4.39 Å². The molecule has 1 nitrogen and oxygen atoms in total. The lowest BCUT2D eigenvalue weighted by molar-refractivity contribution is -0.136. The molecule has 0 atom stereocenters. The first kappa shape index (κ1) is 10.1. The van der Waals surface area contributed by atoms with Crippen LogP contribution in [-0.2, 0) is 6.18 Å². The fraction of sp³-hybridized carbons (Fsp3) is 0.143. The fourth-order valence-electron chi connectivity index (χ4n) is 0.814. The molecule has 0 aliphatic carbocycles. The van der Waals surface area contributed by atoms with Crippen LogP contribution in [0, 0.1) is 5.82 Å². The Balaban J connectivity index is 3.35. The van der Waals surface area contributed by atoms with Gasteiger partial charge in [0.25, 0.3) is 0 Å². The molecular formula is C7H4ClF4N. The number of alkyl halides is 3. The van der Waals surface area contributed by atoms with Crippen LogP contribution in [0.25, 0.3) is 0 Å². The smallest absolute Gasteiger partial charge is 0.397 e. The number of benzene rings is 1. The minimum atomic E-state index is -4.61. The first-order valence-electron chi connectivity index (χ1n) is 3.14. The highest BCUT2D eigenvalue weighted by Gasteiger charge is 2.34. The third-order valence-electron chi connectivity index (χ3n) is 1.44. The summed E-state index contributed by atoms with van der Waals surface area (Å²) in [5.41, 5.74) is 3.07. The molecule has 0 aromatic heterocycles. The van der Waals surface area contributed by atoms with E-state index in [1.165, 1.54) is 0 Å². The van der Waals surface area contributed by atoms with Crippen molar-refractivity contribution in [3.8, 4) is 0 Å². The predicted octanol–water partition coefficient (Wildman–Crippen LogP) is 3.08.